The first-order valence-electron chi connectivity index (χ1n) is 8.87. The predicted molar refractivity (Wildman–Crippen MR) is 111 cm³/mol. The van der Waals surface area contributed by atoms with Crippen LogP contribution in [0, 0.1) is 20.8 Å². The van der Waals surface area contributed by atoms with E-state index in [4.69, 9.17) is 4.98 Å². The predicted octanol–water partition coefficient (Wildman–Crippen LogP) is 5.45. The number of anilines is 1. The van der Waals surface area contributed by atoms with Crippen LogP contribution >= 0.6 is 11.8 Å². The molecule has 0 saturated heterocycles. The van der Waals surface area contributed by atoms with Crippen LogP contribution in [0.1, 0.15) is 29.2 Å². The molecule has 0 unspecified atom stereocenters. The maximum absolute atomic E-state index is 12.4. The Balaban J connectivity index is 1.77. The van der Waals surface area contributed by atoms with Crippen molar-refractivity contribution in [1.82, 2.24) is 4.98 Å². The molecule has 2 aromatic carbocycles. The molecule has 1 heterocycles. The summed E-state index contributed by atoms with van der Waals surface area (Å²) in [4.78, 5) is 17.3. The van der Waals surface area contributed by atoms with Gasteiger partial charge in [0.15, 0.2) is 0 Å². The van der Waals surface area contributed by atoms with E-state index in [0.29, 0.717) is 5.75 Å². The molecule has 0 fully saturated rings. The van der Waals surface area contributed by atoms with Gasteiger partial charge in [0.25, 0.3) is 0 Å². The maximum Gasteiger partial charge on any atom is 0.234 e. The molecule has 0 atom stereocenters. The third-order valence-electron chi connectivity index (χ3n) is 4.48. The summed E-state index contributed by atoms with van der Waals surface area (Å²) in [7, 11) is 0. The molecule has 0 radical (unpaired) electrons. The number of carbonyl (C=O) groups is 1. The summed E-state index contributed by atoms with van der Waals surface area (Å²) in [5, 5.41) is 5.14. The molecule has 1 amide bonds. The number of hydrogen-bond donors (Lipinski definition) is 1. The van der Waals surface area contributed by atoms with Gasteiger partial charge < -0.3 is 5.32 Å². The van der Waals surface area contributed by atoms with Gasteiger partial charge in [-0.3, -0.25) is 4.79 Å². The minimum Gasteiger partial charge on any atom is -0.325 e. The van der Waals surface area contributed by atoms with Gasteiger partial charge in [0.2, 0.25) is 5.91 Å². The van der Waals surface area contributed by atoms with E-state index in [1.165, 1.54) is 22.9 Å². The standard InChI is InChI=1S/C22H24N2OS/c1-5-17-12-18-10-9-14(2)11-19(18)23-22(17)26-13-20(25)24-21-15(3)7-6-8-16(21)4/h6-12H,5,13H2,1-4H3,(H,24,25). The molecular weight excluding hydrogens is 340 g/mol. The lowest BCUT2D eigenvalue weighted by atomic mass is 10.1. The van der Waals surface area contributed by atoms with Crippen LogP contribution in [0.3, 0.4) is 0 Å². The van der Waals surface area contributed by atoms with Crippen LogP contribution < -0.4 is 5.32 Å². The highest BCUT2D eigenvalue weighted by Gasteiger charge is 2.11. The number of rotatable bonds is 5. The first-order chi connectivity index (χ1) is 12.5. The Morgan fingerprint density at radius 1 is 1.08 bits per heavy atom. The Bertz CT molecular complexity index is 946. The maximum atomic E-state index is 12.4. The zero-order valence-electron chi connectivity index (χ0n) is 15.7. The molecular formula is C22H24N2OS. The van der Waals surface area contributed by atoms with E-state index in [9.17, 15) is 4.79 Å². The summed E-state index contributed by atoms with van der Waals surface area (Å²) >= 11 is 1.51. The van der Waals surface area contributed by atoms with Gasteiger partial charge in [-0.15, -0.1) is 0 Å². The van der Waals surface area contributed by atoms with Crippen LogP contribution in [-0.2, 0) is 11.2 Å². The molecule has 4 heteroatoms. The number of benzene rings is 2. The van der Waals surface area contributed by atoms with E-state index in [0.717, 1.165) is 39.2 Å². The van der Waals surface area contributed by atoms with Gasteiger partial charge in [0, 0.05) is 11.1 Å². The molecule has 3 nitrogen and oxygen atoms in total. The number of aryl methyl sites for hydroxylation is 4. The fraction of sp³-hybridized carbons (Fsp3) is 0.273. The van der Waals surface area contributed by atoms with Crippen LogP contribution in [0.5, 0.6) is 0 Å². The largest absolute Gasteiger partial charge is 0.325 e. The highest BCUT2D eigenvalue weighted by atomic mass is 32.2. The summed E-state index contributed by atoms with van der Waals surface area (Å²) in [6.45, 7) is 8.22. The number of pyridine rings is 1. The van der Waals surface area contributed by atoms with Crippen molar-refractivity contribution < 1.29 is 4.79 Å². The van der Waals surface area contributed by atoms with Crippen LogP contribution in [-0.4, -0.2) is 16.6 Å². The van der Waals surface area contributed by atoms with Gasteiger partial charge in [-0.1, -0.05) is 49.0 Å². The fourth-order valence-corrected chi connectivity index (χ4v) is 3.89. The monoisotopic (exact) mass is 364 g/mol. The van der Waals surface area contributed by atoms with Crippen LogP contribution in [0.2, 0.25) is 0 Å². The summed E-state index contributed by atoms with van der Waals surface area (Å²) in [5.74, 6) is 0.353. The number of para-hydroxylation sites is 1. The normalized spacial score (nSPS) is 10.9. The lowest BCUT2D eigenvalue weighted by molar-refractivity contribution is -0.113. The van der Waals surface area contributed by atoms with E-state index in [1.54, 1.807) is 0 Å². The molecule has 1 N–H and O–H groups in total. The van der Waals surface area contributed by atoms with Crippen molar-refractivity contribution in [2.45, 2.75) is 39.1 Å². The number of nitrogens with zero attached hydrogens (tertiary/aromatic N) is 1. The van der Waals surface area contributed by atoms with Crippen molar-refractivity contribution in [3.05, 3.63) is 64.7 Å². The van der Waals surface area contributed by atoms with E-state index in [1.807, 2.05) is 32.0 Å². The number of hydrogen-bond acceptors (Lipinski definition) is 3. The molecule has 3 aromatic rings. The van der Waals surface area contributed by atoms with E-state index < -0.39 is 0 Å². The Kier molecular flexibility index (Phi) is 5.62. The Morgan fingerprint density at radius 2 is 1.81 bits per heavy atom. The third-order valence-corrected chi connectivity index (χ3v) is 5.51. The molecule has 3 rings (SSSR count). The second kappa shape index (κ2) is 7.92. The third kappa shape index (κ3) is 4.07. The number of fused-ring (bicyclic) bond motifs is 1. The van der Waals surface area contributed by atoms with Gasteiger partial charge in [0.05, 0.1) is 11.3 Å². The molecule has 0 bridgehead atoms. The minimum atomic E-state index is 0.000548. The average molecular weight is 365 g/mol. The Morgan fingerprint density at radius 3 is 2.50 bits per heavy atom. The summed E-state index contributed by atoms with van der Waals surface area (Å²) < 4.78 is 0. The van der Waals surface area contributed by atoms with Crippen molar-refractivity contribution in [3.63, 3.8) is 0 Å². The highest BCUT2D eigenvalue weighted by Crippen LogP contribution is 2.27. The van der Waals surface area contributed by atoms with E-state index in [-0.39, 0.29) is 5.91 Å². The molecule has 0 saturated carbocycles. The van der Waals surface area contributed by atoms with Gasteiger partial charge in [-0.25, -0.2) is 4.98 Å². The molecule has 134 valence electrons. The quantitative estimate of drug-likeness (QED) is 0.612. The van der Waals surface area contributed by atoms with Gasteiger partial charge in [-0.2, -0.15) is 0 Å². The van der Waals surface area contributed by atoms with E-state index >= 15 is 0 Å². The SMILES string of the molecule is CCc1cc2ccc(C)cc2nc1SCC(=O)Nc1c(C)cccc1C. The van der Waals surface area contributed by atoms with Crippen molar-refractivity contribution in [2.24, 2.45) is 0 Å². The lowest BCUT2D eigenvalue weighted by Gasteiger charge is -2.12. The Hall–Kier alpha value is -2.33. The number of nitrogens with one attached hydrogen (secondary N) is 1. The van der Waals surface area contributed by atoms with Crippen molar-refractivity contribution in [3.8, 4) is 0 Å². The van der Waals surface area contributed by atoms with Gasteiger partial charge in [0.1, 0.15) is 5.03 Å². The second-order valence-corrected chi connectivity index (χ2v) is 7.57. The smallest absolute Gasteiger partial charge is 0.234 e. The summed E-state index contributed by atoms with van der Waals surface area (Å²) in [5.41, 5.74) is 6.44. The number of aromatic nitrogens is 1. The van der Waals surface area contributed by atoms with Gasteiger partial charge >= 0.3 is 0 Å². The molecule has 26 heavy (non-hydrogen) atoms. The molecule has 0 spiro atoms. The topological polar surface area (TPSA) is 42.0 Å². The number of amides is 1. The molecule has 0 aliphatic carbocycles. The van der Waals surface area contributed by atoms with Crippen molar-refractivity contribution >= 4 is 34.3 Å². The Labute approximate surface area is 159 Å². The van der Waals surface area contributed by atoms with Crippen LogP contribution in [0.25, 0.3) is 10.9 Å². The average Bonchev–Trinajstić information content (AvgIpc) is 2.62. The summed E-state index contributed by atoms with van der Waals surface area (Å²) in [6, 6.07) is 14.5. The van der Waals surface area contributed by atoms with Crippen molar-refractivity contribution in [2.75, 3.05) is 11.1 Å². The van der Waals surface area contributed by atoms with Crippen LogP contribution in [0.15, 0.2) is 47.5 Å². The number of thioether (sulfide) groups is 1. The zero-order valence-corrected chi connectivity index (χ0v) is 16.5. The van der Waals surface area contributed by atoms with Crippen LogP contribution in [0.4, 0.5) is 5.69 Å². The first-order valence-corrected chi connectivity index (χ1v) is 9.85. The summed E-state index contributed by atoms with van der Waals surface area (Å²) in [6.07, 6.45) is 0.900. The minimum absolute atomic E-state index is 0.000548. The lowest BCUT2D eigenvalue weighted by Crippen LogP contribution is -2.16. The number of carbonyl (C=O) groups excluding carboxylic acids is 1. The molecule has 0 aliphatic rings. The molecule has 1 aromatic heterocycles. The highest BCUT2D eigenvalue weighted by molar-refractivity contribution is 8.00. The van der Waals surface area contributed by atoms with E-state index in [2.05, 4.69) is 43.4 Å². The first kappa shape index (κ1) is 18.5. The second-order valence-electron chi connectivity index (χ2n) is 6.61. The van der Waals surface area contributed by atoms with Crippen molar-refractivity contribution in [1.29, 1.82) is 0 Å². The zero-order chi connectivity index (χ0) is 18.7. The fourth-order valence-electron chi connectivity index (χ4n) is 3.00. The molecule has 0 aliphatic heterocycles. The van der Waals surface area contributed by atoms with Gasteiger partial charge in [-0.05, 0) is 61.6 Å².